The van der Waals surface area contributed by atoms with Crippen LogP contribution in [-0.2, 0) is 19.0 Å². The summed E-state index contributed by atoms with van der Waals surface area (Å²) in [5.41, 5.74) is 0. The second-order valence-corrected chi connectivity index (χ2v) is 7.17. The Morgan fingerprint density at radius 1 is 1.00 bits per heavy atom. The Morgan fingerprint density at radius 2 is 1.72 bits per heavy atom. The third kappa shape index (κ3) is 11.6. The summed E-state index contributed by atoms with van der Waals surface area (Å²) in [5, 5.41) is 0. The third-order valence-electron chi connectivity index (χ3n) is 4.91. The van der Waals surface area contributed by atoms with Gasteiger partial charge in [-0.3, -0.25) is 4.79 Å². The van der Waals surface area contributed by atoms with Crippen LogP contribution in [0.3, 0.4) is 0 Å². The fourth-order valence-corrected chi connectivity index (χ4v) is 3.36. The molecule has 0 spiro atoms. The molecule has 4 nitrogen and oxygen atoms in total. The van der Waals surface area contributed by atoms with Crippen LogP contribution in [0.25, 0.3) is 0 Å². The highest BCUT2D eigenvalue weighted by molar-refractivity contribution is 5.72. The predicted molar refractivity (Wildman–Crippen MR) is 102 cm³/mol. The van der Waals surface area contributed by atoms with Crippen LogP contribution in [-0.4, -0.2) is 32.1 Å². The van der Waals surface area contributed by atoms with Crippen LogP contribution in [0, 0.1) is 5.92 Å². The van der Waals surface area contributed by atoms with Crippen LogP contribution in [0.4, 0.5) is 0 Å². The van der Waals surface area contributed by atoms with Gasteiger partial charge in [0.2, 0.25) is 0 Å². The highest BCUT2D eigenvalue weighted by Crippen LogP contribution is 2.20. The lowest BCUT2D eigenvalue weighted by molar-refractivity contribution is -0.163. The van der Waals surface area contributed by atoms with Crippen molar-refractivity contribution in [1.29, 1.82) is 0 Å². The summed E-state index contributed by atoms with van der Waals surface area (Å²) in [6, 6.07) is 0. The van der Waals surface area contributed by atoms with E-state index in [9.17, 15) is 4.79 Å². The first-order valence-corrected chi connectivity index (χ1v) is 10.7. The second-order valence-electron chi connectivity index (χ2n) is 7.17. The van der Waals surface area contributed by atoms with E-state index in [1.807, 2.05) is 6.92 Å². The van der Waals surface area contributed by atoms with Crippen molar-refractivity contribution in [3.05, 3.63) is 0 Å². The normalized spacial score (nSPS) is 18.9. The van der Waals surface area contributed by atoms with Crippen LogP contribution in [0.15, 0.2) is 0 Å². The molecule has 1 fully saturated rings. The van der Waals surface area contributed by atoms with Gasteiger partial charge in [-0.15, -0.1) is 0 Å². The molecular formula is C21H40O4. The average molecular weight is 357 g/mol. The molecule has 0 N–H and O–H groups in total. The summed E-state index contributed by atoms with van der Waals surface area (Å²) in [4.78, 5) is 12.1. The Hall–Kier alpha value is -0.610. The molecule has 148 valence electrons. The lowest BCUT2D eigenvalue weighted by Gasteiger charge is -2.22. The molecule has 0 bridgehead atoms. The maximum absolute atomic E-state index is 12.1. The monoisotopic (exact) mass is 356 g/mol. The minimum atomic E-state index is -0.00686. The van der Waals surface area contributed by atoms with Gasteiger partial charge in [0.15, 0.2) is 6.29 Å². The van der Waals surface area contributed by atoms with Crippen LogP contribution >= 0.6 is 0 Å². The summed E-state index contributed by atoms with van der Waals surface area (Å²) in [6.07, 6.45) is 14.9. The molecular weight excluding hydrogens is 316 g/mol. The molecule has 0 aliphatic carbocycles. The van der Waals surface area contributed by atoms with E-state index in [2.05, 4.69) is 6.92 Å². The van der Waals surface area contributed by atoms with E-state index in [4.69, 9.17) is 14.2 Å². The maximum atomic E-state index is 12.1. The molecule has 1 saturated heterocycles. The summed E-state index contributed by atoms with van der Waals surface area (Å²) < 4.78 is 16.6. The van der Waals surface area contributed by atoms with Crippen LogP contribution in [0.1, 0.15) is 97.3 Å². The van der Waals surface area contributed by atoms with E-state index in [1.165, 1.54) is 38.5 Å². The van der Waals surface area contributed by atoms with Crippen LogP contribution < -0.4 is 0 Å². The van der Waals surface area contributed by atoms with Crippen molar-refractivity contribution in [2.75, 3.05) is 19.8 Å². The summed E-state index contributed by atoms with van der Waals surface area (Å²) in [5.74, 6) is 0.0599. The van der Waals surface area contributed by atoms with Gasteiger partial charge in [-0.05, 0) is 45.4 Å². The van der Waals surface area contributed by atoms with Crippen LogP contribution in [0.2, 0.25) is 0 Å². The first-order valence-electron chi connectivity index (χ1n) is 10.7. The van der Waals surface area contributed by atoms with Gasteiger partial charge in [0.05, 0.1) is 12.5 Å². The molecule has 0 aromatic heterocycles. The number of esters is 1. The number of hydrogen-bond acceptors (Lipinski definition) is 4. The molecule has 0 aromatic carbocycles. The SMILES string of the molecule is CCCCCCCCC(CCCCOC1CCCCO1)C(=O)OCC. The average Bonchev–Trinajstić information content (AvgIpc) is 2.63. The van der Waals surface area contributed by atoms with Crippen molar-refractivity contribution < 1.29 is 19.0 Å². The topological polar surface area (TPSA) is 44.8 Å². The quantitative estimate of drug-likeness (QED) is 0.282. The molecule has 2 atom stereocenters. The molecule has 0 amide bonds. The molecule has 0 radical (unpaired) electrons. The van der Waals surface area contributed by atoms with E-state index >= 15 is 0 Å². The van der Waals surface area contributed by atoms with Gasteiger partial charge in [0.25, 0.3) is 0 Å². The van der Waals surface area contributed by atoms with Gasteiger partial charge < -0.3 is 14.2 Å². The molecule has 1 aliphatic rings. The number of unbranched alkanes of at least 4 members (excludes halogenated alkanes) is 6. The van der Waals surface area contributed by atoms with Gasteiger partial charge in [-0.2, -0.15) is 0 Å². The molecule has 0 aromatic rings. The van der Waals surface area contributed by atoms with Crippen molar-refractivity contribution in [3.8, 4) is 0 Å². The first-order chi connectivity index (χ1) is 12.3. The lowest BCUT2D eigenvalue weighted by Crippen LogP contribution is -2.23. The minimum Gasteiger partial charge on any atom is -0.466 e. The van der Waals surface area contributed by atoms with Gasteiger partial charge in [0.1, 0.15) is 0 Å². The fraction of sp³-hybridized carbons (Fsp3) is 0.952. The van der Waals surface area contributed by atoms with Crippen molar-refractivity contribution in [2.45, 2.75) is 104 Å². The molecule has 0 saturated carbocycles. The molecule has 1 aliphatic heterocycles. The Bertz CT molecular complexity index is 313. The van der Waals surface area contributed by atoms with E-state index in [-0.39, 0.29) is 18.2 Å². The lowest BCUT2D eigenvalue weighted by atomic mass is 9.95. The standard InChI is InChI=1S/C21H40O4/c1-3-5-6-7-8-9-14-19(21(22)23-4-2)15-10-12-17-24-20-16-11-13-18-25-20/h19-20H,3-18H2,1-2H3. The van der Waals surface area contributed by atoms with Gasteiger partial charge in [-0.25, -0.2) is 0 Å². The highest BCUT2D eigenvalue weighted by Gasteiger charge is 2.19. The minimum absolute atomic E-state index is 0.00211. The summed E-state index contributed by atoms with van der Waals surface area (Å²) in [7, 11) is 0. The van der Waals surface area contributed by atoms with E-state index in [0.717, 1.165) is 58.2 Å². The van der Waals surface area contributed by atoms with Crippen molar-refractivity contribution in [3.63, 3.8) is 0 Å². The number of carbonyl (C=O) groups is 1. The van der Waals surface area contributed by atoms with Gasteiger partial charge in [-0.1, -0.05) is 51.9 Å². The zero-order valence-electron chi connectivity index (χ0n) is 16.6. The number of rotatable bonds is 15. The molecule has 1 heterocycles. The van der Waals surface area contributed by atoms with E-state index in [1.54, 1.807) is 0 Å². The number of ether oxygens (including phenoxy) is 3. The Balaban J connectivity index is 2.13. The van der Waals surface area contributed by atoms with Gasteiger partial charge >= 0.3 is 5.97 Å². The third-order valence-corrected chi connectivity index (χ3v) is 4.91. The largest absolute Gasteiger partial charge is 0.466 e. The highest BCUT2D eigenvalue weighted by atomic mass is 16.7. The number of hydrogen-bond donors (Lipinski definition) is 0. The Labute approximate surface area is 155 Å². The molecule has 1 rings (SSSR count). The summed E-state index contributed by atoms with van der Waals surface area (Å²) in [6.45, 7) is 6.16. The Kier molecular flexibility index (Phi) is 14.0. The van der Waals surface area contributed by atoms with Crippen molar-refractivity contribution >= 4 is 5.97 Å². The maximum Gasteiger partial charge on any atom is 0.308 e. The first kappa shape index (κ1) is 22.4. The van der Waals surface area contributed by atoms with E-state index < -0.39 is 0 Å². The molecule has 25 heavy (non-hydrogen) atoms. The fourth-order valence-electron chi connectivity index (χ4n) is 3.36. The second kappa shape index (κ2) is 15.6. The van der Waals surface area contributed by atoms with Crippen molar-refractivity contribution in [1.82, 2.24) is 0 Å². The molecule has 2 unspecified atom stereocenters. The Morgan fingerprint density at radius 3 is 2.40 bits per heavy atom. The van der Waals surface area contributed by atoms with E-state index in [0.29, 0.717) is 6.61 Å². The molecule has 4 heteroatoms. The van der Waals surface area contributed by atoms with Crippen LogP contribution in [0.5, 0.6) is 0 Å². The summed E-state index contributed by atoms with van der Waals surface area (Å²) >= 11 is 0. The number of carbonyl (C=O) groups excluding carboxylic acids is 1. The zero-order chi connectivity index (χ0) is 18.2. The smallest absolute Gasteiger partial charge is 0.308 e. The van der Waals surface area contributed by atoms with Crippen molar-refractivity contribution in [2.24, 2.45) is 5.92 Å². The predicted octanol–water partition coefficient (Wildman–Crippen LogP) is 5.63. The zero-order valence-corrected chi connectivity index (χ0v) is 16.6. The van der Waals surface area contributed by atoms with Gasteiger partial charge in [0, 0.05) is 13.2 Å².